The van der Waals surface area contributed by atoms with Crippen molar-refractivity contribution in [2.45, 2.75) is 63.1 Å². The Labute approximate surface area is 120 Å². The molecule has 3 rings (SSSR count). The molecule has 4 N–H and O–H groups in total. The Balaban J connectivity index is 1.79. The average Bonchev–Trinajstić information content (AvgIpc) is 3.06. The van der Waals surface area contributed by atoms with Crippen LogP contribution in [0.2, 0.25) is 0 Å². The maximum Gasteiger partial charge on any atom is 0.241 e. The van der Waals surface area contributed by atoms with Gasteiger partial charge in [-0.3, -0.25) is 4.79 Å². The van der Waals surface area contributed by atoms with Gasteiger partial charge in [0.05, 0.1) is 18.2 Å². The Hall–Kier alpha value is -0.650. The van der Waals surface area contributed by atoms with Gasteiger partial charge in [0.2, 0.25) is 5.91 Å². The highest BCUT2D eigenvalue weighted by Crippen LogP contribution is 2.58. The molecule has 114 valence electrons. The highest BCUT2D eigenvalue weighted by molar-refractivity contribution is 5.90. The minimum atomic E-state index is -0.876. The van der Waals surface area contributed by atoms with Gasteiger partial charge >= 0.3 is 0 Å². The zero-order valence-corrected chi connectivity index (χ0v) is 12.4. The number of nitrogens with two attached hydrogens (primary N) is 1. The minimum absolute atomic E-state index is 0.000155. The minimum Gasteiger partial charge on any atom is -0.394 e. The first-order valence-electron chi connectivity index (χ1n) is 7.71. The molecule has 0 radical (unpaired) electrons. The topological polar surface area (TPSA) is 84.6 Å². The number of aliphatic hydroxyl groups excluding tert-OH is 1. The third-order valence-corrected chi connectivity index (χ3v) is 6.07. The molecule has 5 nitrogen and oxygen atoms in total. The van der Waals surface area contributed by atoms with Gasteiger partial charge in [0, 0.05) is 17.9 Å². The summed E-state index contributed by atoms with van der Waals surface area (Å²) in [5.74, 6) is -0.000143. The number of hydrogen-bond donors (Lipinski definition) is 3. The number of rotatable bonds is 3. The first-order valence-corrected chi connectivity index (χ1v) is 7.71. The first kappa shape index (κ1) is 14.3. The van der Waals surface area contributed by atoms with Crippen LogP contribution in [0.4, 0.5) is 0 Å². The first-order chi connectivity index (χ1) is 9.37. The fourth-order valence-electron chi connectivity index (χ4n) is 4.56. The number of ether oxygens (including phenoxy) is 1. The normalized spacial score (nSPS) is 41.0. The van der Waals surface area contributed by atoms with Gasteiger partial charge in [-0.1, -0.05) is 26.7 Å². The summed E-state index contributed by atoms with van der Waals surface area (Å²) in [6.45, 7) is 4.72. The predicted octanol–water partition coefficient (Wildman–Crippen LogP) is 0.550. The Morgan fingerprint density at radius 2 is 2.05 bits per heavy atom. The van der Waals surface area contributed by atoms with E-state index in [1.165, 1.54) is 0 Å². The molecule has 3 atom stereocenters. The standard InChI is InChI=1S/C15H26N2O3/c1-13(2)11-10(5-8-20-11)15(13,16)12(19)17-14(9-18)6-3-4-7-14/h10-11,18H,3-9,16H2,1-2H3,(H,17,19). The van der Waals surface area contributed by atoms with E-state index in [9.17, 15) is 9.90 Å². The van der Waals surface area contributed by atoms with E-state index >= 15 is 0 Å². The fraction of sp³-hybridized carbons (Fsp3) is 0.933. The van der Waals surface area contributed by atoms with Crippen molar-refractivity contribution in [1.29, 1.82) is 0 Å². The van der Waals surface area contributed by atoms with Crippen molar-refractivity contribution in [3.8, 4) is 0 Å². The number of aliphatic hydroxyl groups is 1. The highest BCUT2D eigenvalue weighted by atomic mass is 16.5. The summed E-state index contributed by atoms with van der Waals surface area (Å²) in [6, 6.07) is 0. The molecule has 0 bridgehead atoms. The molecule has 2 aliphatic carbocycles. The number of hydrogen-bond acceptors (Lipinski definition) is 4. The van der Waals surface area contributed by atoms with Crippen molar-refractivity contribution < 1.29 is 14.6 Å². The van der Waals surface area contributed by atoms with Crippen molar-refractivity contribution in [3.63, 3.8) is 0 Å². The van der Waals surface area contributed by atoms with Crippen LogP contribution in [0.3, 0.4) is 0 Å². The molecule has 1 saturated heterocycles. The van der Waals surface area contributed by atoms with E-state index in [1.54, 1.807) is 0 Å². The molecule has 0 aromatic heterocycles. The number of carbonyl (C=O) groups excluding carboxylic acids is 1. The van der Waals surface area contributed by atoms with Gasteiger partial charge in [-0.05, 0) is 19.3 Å². The Morgan fingerprint density at radius 1 is 1.40 bits per heavy atom. The lowest BCUT2D eigenvalue weighted by molar-refractivity contribution is -0.177. The SMILES string of the molecule is CC1(C)C2OCCC2C1(N)C(=O)NC1(CO)CCCC1. The fourth-order valence-corrected chi connectivity index (χ4v) is 4.56. The van der Waals surface area contributed by atoms with Crippen molar-refractivity contribution in [3.05, 3.63) is 0 Å². The lowest BCUT2D eigenvalue weighted by atomic mass is 9.47. The molecule has 5 heteroatoms. The van der Waals surface area contributed by atoms with Gasteiger partial charge in [-0.2, -0.15) is 0 Å². The number of fused-ring (bicyclic) bond motifs is 1. The molecule has 2 saturated carbocycles. The van der Waals surface area contributed by atoms with Gasteiger partial charge in [-0.25, -0.2) is 0 Å². The van der Waals surface area contributed by atoms with Crippen LogP contribution in [0.25, 0.3) is 0 Å². The molecule has 3 unspecified atom stereocenters. The average molecular weight is 282 g/mol. The summed E-state index contributed by atoms with van der Waals surface area (Å²) in [4.78, 5) is 12.8. The smallest absolute Gasteiger partial charge is 0.241 e. The molecule has 3 fully saturated rings. The van der Waals surface area contributed by atoms with E-state index in [0.717, 1.165) is 32.1 Å². The van der Waals surface area contributed by atoms with Crippen LogP contribution in [0.15, 0.2) is 0 Å². The molecular weight excluding hydrogens is 256 g/mol. The predicted molar refractivity (Wildman–Crippen MR) is 75.0 cm³/mol. The van der Waals surface area contributed by atoms with Crippen LogP contribution in [0.1, 0.15) is 46.0 Å². The second kappa shape index (κ2) is 4.42. The quantitative estimate of drug-likeness (QED) is 0.706. The molecule has 0 spiro atoms. The maximum atomic E-state index is 12.8. The zero-order valence-electron chi connectivity index (χ0n) is 12.4. The van der Waals surface area contributed by atoms with Crippen molar-refractivity contribution in [2.24, 2.45) is 17.1 Å². The molecular formula is C15H26N2O3. The summed E-state index contributed by atoms with van der Waals surface area (Å²) < 4.78 is 5.72. The number of amides is 1. The van der Waals surface area contributed by atoms with E-state index in [1.807, 2.05) is 13.8 Å². The lowest BCUT2D eigenvalue weighted by Crippen LogP contribution is -2.81. The molecule has 0 aromatic rings. The van der Waals surface area contributed by atoms with Crippen LogP contribution >= 0.6 is 0 Å². The second-order valence-electron chi connectivity index (χ2n) is 7.38. The van der Waals surface area contributed by atoms with Crippen LogP contribution in [-0.2, 0) is 9.53 Å². The second-order valence-corrected chi connectivity index (χ2v) is 7.38. The summed E-state index contributed by atoms with van der Waals surface area (Å²) in [7, 11) is 0. The molecule has 1 heterocycles. The van der Waals surface area contributed by atoms with Crippen molar-refractivity contribution in [1.82, 2.24) is 5.32 Å². The Kier molecular flexibility index (Phi) is 3.16. The highest BCUT2D eigenvalue weighted by Gasteiger charge is 2.71. The molecule has 0 aromatic carbocycles. The summed E-state index contributed by atoms with van der Waals surface area (Å²) >= 11 is 0. The molecule has 1 amide bonds. The van der Waals surface area contributed by atoms with Gasteiger partial charge in [-0.15, -0.1) is 0 Å². The third-order valence-electron chi connectivity index (χ3n) is 6.07. The van der Waals surface area contributed by atoms with E-state index in [0.29, 0.717) is 6.61 Å². The summed E-state index contributed by atoms with van der Waals surface area (Å²) in [6.07, 6.45) is 4.73. The van der Waals surface area contributed by atoms with Crippen LogP contribution in [0, 0.1) is 11.3 Å². The van der Waals surface area contributed by atoms with Crippen LogP contribution in [-0.4, -0.2) is 41.4 Å². The Bertz CT molecular complexity index is 417. The van der Waals surface area contributed by atoms with Crippen LogP contribution in [0.5, 0.6) is 0 Å². The lowest BCUT2D eigenvalue weighted by Gasteiger charge is -2.61. The maximum absolute atomic E-state index is 12.8. The largest absolute Gasteiger partial charge is 0.394 e. The van der Waals surface area contributed by atoms with Crippen LogP contribution < -0.4 is 11.1 Å². The molecule has 3 aliphatic rings. The van der Waals surface area contributed by atoms with E-state index < -0.39 is 11.1 Å². The van der Waals surface area contributed by atoms with Gasteiger partial charge in [0.15, 0.2) is 0 Å². The zero-order chi connectivity index (χ0) is 14.6. The van der Waals surface area contributed by atoms with Gasteiger partial charge < -0.3 is 20.9 Å². The van der Waals surface area contributed by atoms with Gasteiger partial charge in [0.25, 0.3) is 0 Å². The summed E-state index contributed by atoms with van der Waals surface area (Å²) in [5.41, 5.74) is 4.84. The van der Waals surface area contributed by atoms with E-state index in [4.69, 9.17) is 10.5 Å². The van der Waals surface area contributed by atoms with Gasteiger partial charge in [0.1, 0.15) is 5.54 Å². The number of nitrogens with one attached hydrogen (secondary N) is 1. The molecule has 20 heavy (non-hydrogen) atoms. The summed E-state index contributed by atoms with van der Waals surface area (Å²) in [5, 5.41) is 12.7. The van der Waals surface area contributed by atoms with Crippen molar-refractivity contribution >= 4 is 5.91 Å². The Morgan fingerprint density at radius 3 is 2.65 bits per heavy atom. The van der Waals surface area contributed by atoms with Crippen molar-refractivity contribution in [2.75, 3.05) is 13.2 Å². The van der Waals surface area contributed by atoms with E-state index in [-0.39, 0.29) is 30.0 Å². The monoisotopic (exact) mass is 282 g/mol. The number of carbonyl (C=O) groups is 1. The third kappa shape index (κ3) is 1.63. The van der Waals surface area contributed by atoms with E-state index in [2.05, 4.69) is 5.32 Å². The molecule has 1 aliphatic heterocycles.